The summed E-state index contributed by atoms with van der Waals surface area (Å²) in [7, 11) is 1.77. The second-order valence-electron chi connectivity index (χ2n) is 5.02. The number of benzene rings is 2. The van der Waals surface area contributed by atoms with E-state index in [9.17, 15) is 9.50 Å². The minimum Gasteiger partial charge on any atom is -0.389 e. The Morgan fingerprint density at radius 3 is 2.67 bits per heavy atom. The fourth-order valence-electron chi connectivity index (χ4n) is 2.36. The van der Waals surface area contributed by atoms with Crippen molar-refractivity contribution in [2.45, 2.75) is 19.6 Å². The maximum Gasteiger partial charge on any atom is 0.146 e. The van der Waals surface area contributed by atoms with Gasteiger partial charge >= 0.3 is 0 Å². The molecule has 2 rings (SSSR count). The molecule has 0 bridgehead atoms. The summed E-state index contributed by atoms with van der Waals surface area (Å²) in [6, 6.07) is 14.0. The van der Waals surface area contributed by atoms with Crippen LogP contribution in [0, 0.1) is 17.1 Å². The van der Waals surface area contributed by atoms with E-state index in [2.05, 4.69) is 6.07 Å². The highest BCUT2D eigenvalue weighted by Gasteiger charge is 2.16. The van der Waals surface area contributed by atoms with Crippen molar-refractivity contribution in [2.24, 2.45) is 0 Å². The van der Waals surface area contributed by atoms with Crippen LogP contribution in [0.1, 0.15) is 29.7 Å². The zero-order chi connectivity index (χ0) is 15.4. The molecular weight excluding hydrogens is 267 g/mol. The molecule has 0 saturated heterocycles. The summed E-state index contributed by atoms with van der Waals surface area (Å²) in [6.45, 7) is 2.07. The first-order valence-electron chi connectivity index (χ1n) is 6.69. The molecule has 0 saturated carbocycles. The fraction of sp³-hybridized carbons (Fsp3) is 0.235. The highest BCUT2D eigenvalue weighted by atomic mass is 19.1. The molecule has 0 aliphatic carbocycles. The average molecular weight is 284 g/mol. The molecule has 0 aliphatic rings. The largest absolute Gasteiger partial charge is 0.389 e. The number of nitriles is 1. The fourth-order valence-corrected chi connectivity index (χ4v) is 2.36. The number of anilines is 1. The Bertz CT molecular complexity index is 677. The zero-order valence-corrected chi connectivity index (χ0v) is 12.0. The quantitative estimate of drug-likeness (QED) is 0.936. The van der Waals surface area contributed by atoms with E-state index in [-0.39, 0.29) is 5.82 Å². The Morgan fingerprint density at radius 2 is 2.00 bits per heavy atom. The molecule has 0 unspecified atom stereocenters. The molecule has 2 aromatic rings. The molecule has 0 amide bonds. The summed E-state index contributed by atoms with van der Waals surface area (Å²) >= 11 is 0. The molecule has 1 atom stereocenters. The van der Waals surface area contributed by atoms with Crippen molar-refractivity contribution in [2.75, 3.05) is 11.9 Å². The standard InChI is InChI=1S/C17H17FN2O/c1-12(21)15-7-4-8-16(18)17(15)20(2)11-14-6-3-5-13(9-14)10-19/h3-9,12,21H,11H2,1-2H3/t12-/m0/s1. The van der Waals surface area contributed by atoms with Gasteiger partial charge in [-0.1, -0.05) is 24.3 Å². The van der Waals surface area contributed by atoms with Gasteiger partial charge in [-0.15, -0.1) is 0 Å². The lowest BCUT2D eigenvalue weighted by atomic mass is 10.1. The van der Waals surface area contributed by atoms with Crippen LogP contribution in [0.4, 0.5) is 10.1 Å². The van der Waals surface area contributed by atoms with Crippen LogP contribution in [-0.4, -0.2) is 12.2 Å². The van der Waals surface area contributed by atoms with Crippen LogP contribution in [0.5, 0.6) is 0 Å². The first-order valence-corrected chi connectivity index (χ1v) is 6.69. The second kappa shape index (κ2) is 6.38. The second-order valence-corrected chi connectivity index (χ2v) is 5.02. The molecule has 1 N–H and O–H groups in total. The lowest BCUT2D eigenvalue weighted by Gasteiger charge is -2.24. The number of rotatable bonds is 4. The maximum atomic E-state index is 14.1. The predicted octanol–water partition coefficient (Wildman–Crippen LogP) is 3.39. The van der Waals surface area contributed by atoms with E-state index in [0.717, 1.165) is 5.56 Å². The lowest BCUT2D eigenvalue weighted by Crippen LogP contribution is -2.20. The molecular formula is C17H17FN2O. The van der Waals surface area contributed by atoms with Gasteiger partial charge in [0.25, 0.3) is 0 Å². The number of aliphatic hydroxyl groups is 1. The maximum absolute atomic E-state index is 14.1. The summed E-state index contributed by atoms with van der Waals surface area (Å²) in [4.78, 5) is 1.74. The van der Waals surface area contributed by atoms with Gasteiger partial charge in [-0.25, -0.2) is 4.39 Å². The molecule has 0 aromatic heterocycles. The van der Waals surface area contributed by atoms with E-state index in [4.69, 9.17) is 5.26 Å². The molecule has 0 spiro atoms. The van der Waals surface area contributed by atoms with Gasteiger partial charge in [-0.05, 0) is 30.7 Å². The monoisotopic (exact) mass is 284 g/mol. The van der Waals surface area contributed by atoms with Crippen molar-refractivity contribution in [1.82, 2.24) is 0 Å². The molecule has 4 heteroatoms. The minimum atomic E-state index is -0.747. The summed E-state index contributed by atoms with van der Waals surface area (Å²) in [5.74, 6) is -0.368. The van der Waals surface area contributed by atoms with Gasteiger partial charge in [0.2, 0.25) is 0 Å². The first kappa shape index (κ1) is 15.0. The molecule has 0 fully saturated rings. The van der Waals surface area contributed by atoms with Gasteiger partial charge in [0.05, 0.1) is 23.4 Å². The normalized spacial score (nSPS) is 11.8. The minimum absolute atomic E-state index is 0.368. The van der Waals surface area contributed by atoms with E-state index >= 15 is 0 Å². The number of para-hydroxylation sites is 1. The van der Waals surface area contributed by atoms with Crippen LogP contribution in [-0.2, 0) is 6.54 Å². The van der Waals surface area contributed by atoms with Crippen molar-refractivity contribution in [3.63, 3.8) is 0 Å². The van der Waals surface area contributed by atoms with Gasteiger partial charge < -0.3 is 10.0 Å². The zero-order valence-electron chi connectivity index (χ0n) is 12.0. The van der Waals surface area contributed by atoms with Crippen LogP contribution in [0.2, 0.25) is 0 Å². The summed E-state index contributed by atoms with van der Waals surface area (Å²) in [6.07, 6.45) is -0.747. The van der Waals surface area contributed by atoms with E-state index in [1.807, 2.05) is 6.07 Å². The Hall–Kier alpha value is -2.38. The van der Waals surface area contributed by atoms with Crippen LogP contribution >= 0.6 is 0 Å². The van der Waals surface area contributed by atoms with Crippen LogP contribution in [0.3, 0.4) is 0 Å². The number of nitrogens with zero attached hydrogens (tertiary/aromatic N) is 2. The van der Waals surface area contributed by atoms with Crippen molar-refractivity contribution < 1.29 is 9.50 Å². The highest BCUT2D eigenvalue weighted by Crippen LogP contribution is 2.29. The van der Waals surface area contributed by atoms with Gasteiger partial charge in [0.1, 0.15) is 5.82 Å². The van der Waals surface area contributed by atoms with E-state index < -0.39 is 6.10 Å². The number of hydrogen-bond donors (Lipinski definition) is 1. The lowest BCUT2D eigenvalue weighted by molar-refractivity contribution is 0.199. The Kier molecular flexibility index (Phi) is 4.56. The smallest absolute Gasteiger partial charge is 0.146 e. The van der Waals surface area contributed by atoms with Gasteiger partial charge in [0, 0.05) is 19.2 Å². The van der Waals surface area contributed by atoms with Crippen LogP contribution < -0.4 is 4.90 Å². The summed E-state index contributed by atoms with van der Waals surface area (Å²) in [5, 5.41) is 18.7. The number of hydrogen-bond acceptors (Lipinski definition) is 3. The van der Waals surface area contributed by atoms with Gasteiger partial charge in [-0.2, -0.15) is 5.26 Å². The summed E-state index contributed by atoms with van der Waals surface area (Å²) < 4.78 is 14.1. The van der Waals surface area contributed by atoms with E-state index in [0.29, 0.717) is 23.4 Å². The number of halogens is 1. The highest BCUT2D eigenvalue weighted by molar-refractivity contribution is 5.55. The van der Waals surface area contributed by atoms with Gasteiger partial charge in [-0.3, -0.25) is 0 Å². The first-order chi connectivity index (χ1) is 10.0. The third-order valence-electron chi connectivity index (χ3n) is 3.33. The van der Waals surface area contributed by atoms with Crippen molar-refractivity contribution in [3.05, 3.63) is 65.0 Å². The van der Waals surface area contributed by atoms with E-state index in [1.165, 1.54) is 6.07 Å². The summed E-state index contributed by atoms with van der Waals surface area (Å²) in [5.41, 5.74) is 2.42. The Balaban J connectivity index is 2.32. The van der Waals surface area contributed by atoms with E-state index in [1.54, 1.807) is 49.2 Å². The third kappa shape index (κ3) is 3.39. The van der Waals surface area contributed by atoms with Crippen molar-refractivity contribution in [1.29, 1.82) is 5.26 Å². The molecule has 21 heavy (non-hydrogen) atoms. The van der Waals surface area contributed by atoms with Crippen LogP contribution in [0.25, 0.3) is 0 Å². The average Bonchev–Trinajstić information content (AvgIpc) is 2.46. The molecule has 0 aliphatic heterocycles. The molecule has 2 aromatic carbocycles. The Morgan fingerprint density at radius 1 is 1.29 bits per heavy atom. The Labute approximate surface area is 123 Å². The van der Waals surface area contributed by atoms with Crippen molar-refractivity contribution in [3.8, 4) is 6.07 Å². The SMILES string of the molecule is C[C@H](O)c1cccc(F)c1N(C)Cc1cccc(C#N)c1. The predicted molar refractivity (Wildman–Crippen MR) is 80.3 cm³/mol. The third-order valence-corrected chi connectivity index (χ3v) is 3.33. The topological polar surface area (TPSA) is 47.3 Å². The molecule has 3 nitrogen and oxygen atoms in total. The van der Waals surface area contributed by atoms with Crippen molar-refractivity contribution >= 4 is 5.69 Å². The molecule has 0 radical (unpaired) electrons. The molecule has 108 valence electrons. The molecule has 0 heterocycles. The number of aliphatic hydroxyl groups excluding tert-OH is 1. The van der Waals surface area contributed by atoms with Gasteiger partial charge in [0.15, 0.2) is 0 Å². The van der Waals surface area contributed by atoms with Crippen LogP contribution in [0.15, 0.2) is 42.5 Å².